The molecule has 3 heterocycles. The number of nitrogens with zero attached hydrogens (tertiary/aromatic N) is 4. The normalized spacial score (nSPS) is 14.3. The molecule has 0 saturated carbocycles. The summed E-state index contributed by atoms with van der Waals surface area (Å²) in [5, 5.41) is 3.99. The van der Waals surface area contributed by atoms with Gasteiger partial charge in [-0.25, -0.2) is 19.3 Å². The number of carbonyl (C=O) groups excluding carboxylic acids is 1. The Morgan fingerprint density at radius 2 is 1.74 bits per heavy atom. The van der Waals surface area contributed by atoms with Crippen molar-refractivity contribution in [3.63, 3.8) is 0 Å². The number of halogens is 2. The monoisotopic (exact) mass is 477 g/mol. The SMILES string of the molecule is O=C(CN1CCOCC1)Nc1nc(-c2ccc(F)cc2)cc(-c2cc3ccccc3nc2Cl)n1. The molecule has 0 aliphatic carbocycles. The number of carbonyl (C=O) groups is 1. The topological polar surface area (TPSA) is 80.2 Å². The number of benzene rings is 2. The summed E-state index contributed by atoms with van der Waals surface area (Å²) >= 11 is 6.52. The first-order valence-corrected chi connectivity index (χ1v) is 11.2. The molecule has 0 atom stereocenters. The Labute approximate surface area is 200 Å². The Morgan fingerprint density at radius 1 is 1.00 bits per heavy atom. The lowest BCUT2D eigenvalue weighted by Crippen LogP contribution is -2.41. The van der Waals surface area contributed by atoms with Gasteiger partial charge in [-0.15, -0.1) is 0 Å². The van der Waals surface area contributed by atoms with Gasteiger partial charge in [-0.3, -0.25) is 15.0 Å². The van der Waals surface area contributed by atoms with Gasteiger partial charge in [0.25, 0.3) is 0 Å². The summed E-state index contributed by atoms with van der Waals surface area (Å²) in [5.41, 5.74) is 3.08. The number of fused-ring (bicyclic) bond motifs is 1. The minimum Gasteiger partial charge on any atom is -0.379 e. The first-order chi connectivity index (χ1) is 16.5. The second-order valence-corrected chi connectivity index (χ2v) is 8.28. The van der Waals surface area contributed by atoms with Gasteiger partial charge in [-0.05, 0) is 42.5 Å². The maximum Gasteiger partial charge on any atom is 0.240 e. The van der Waals surface area contributed by atoms with Gasteiger partial charge in [0.1, 0.15) is 11.0 Å². The van der Waals surface area contributed by atoms with Crippen molar-refractivity contribution < 1.29 is 13.9 Å². The van der Waals surface area contributed by atoms with Gasteiger partial charge in [0.15, 0.2) is 0 Å². The predicted octanol–water partition coefficient (Wildman–Crippen LogP) is 4.42. The molecule has 1 amide bonds. The predicted molar refractivity (Wildman–Crippen MR) is 129 cm³/mol. The fraction of sp³-hybridized carbons (Fsp3) is 0.200. The van der Waals surface area contributed by atoms with Crippen LogP contribution in [0.5, 0.6) is 0 Å². The van der Waals surface area contributed by atoms with E-state index in [1.807, 2.05) is 35.2 Å². The number of aromatic nitrogens is 3. The number of amides is 1. The molecule has 0 spiro atoms. The van der Waals surface area contributed by atoms with Crippen molar-refractivity contribution in [3.05, 3.63) is 71.6 Å². The highest BCUT2D eigenvalue weighted by Gasteiger charge is 2.17. The van der Waals surface area contributed by atoms with Crippen molar-refractivity contribution in [2.24, 2.45) is 0 Å². The van der Waals surface area contributed by atoms with E-state index in [1.54, 1.807) is 18.2 Å². The molecule has 0 bridgehead atoms. The Kier molecular flexibility index (Phi) is 6.44. The molecule has 0 unspecified atom stereocenters. The molecule has 9 heteroatoms. The van der Waals surface area contributed by atoms with E-state index in [9.17, 15) is 9.18 Å². The molecule has 2 aromatic carbocycles. The van der Waals surface area contributed by atoms with Crippen molar-refractivity contribution >= 4 is 34.4 Å². The van der Waals surface area contributed by atoms with Crippen LogP contribution in [0.1, 0.15) is 0 Å². The molecule has 172 valence electrons. The standard InChI is InChI=1S/C25H21ClFN5O2/c26-24-19(13-17-3-1-2-4-20(17)28-24)22-14-21(16-5-7-18(27)8-6-16)29-25(30-22)31-23(33)15-32-9-11-34-12-10-32/h1-8,13-14H,9-12,15H2,(H,29,30,31,33). The fourth-order valence-corrected chi connectivity index (χ4v) is 4.05. The largest absolute Gasteiger partial charge is 0.379 e. The van der Waals surface area contributed by atoms with Gasteiger partial charge < -0.3 is 4.74 Å². The van der Waals surface area contributed by atoms with E-state index in [2.05, 4.69) is 20.3 Å². The van der Waals surface area contributed by atoms with Crippen molar-refractivity contribution in [2.75, 3.05) is 38.2 Å². The zero-order valence-electron chi connectivity index (χ0n) is 18.2. The van der Waals surface area contributed by atoms with E-state index in [0.29, 0.717) is 48.8 Å². The average molecular weight is 478 g/mol. The van der Waals surface area contributed by atoms with E-state index < -0.39 is 0 Å². The van der Waals surface area contributed by atoms with E-state index in [1.165, 1.54) is 12.1 Å². The van der Waals surface area contributed by atoms with Crippen LogP contribution in [-0.2, 0) is 9.53 Å². The number of anilines is 1. The number of nitrogens with one attached hydrogen (secondary N) is 1. The van der Waals surface area contributed by atoms with Gasteiger partial charge in [-0.2, -0.15) is 0 Å². The molecule has 0 radical (unpaired) electrons. The number of hydrogen-bond acceptors (Lipinski definition) is 6. The Bertz CT molecular complexity index is 1340. The number of rotatable bonds is 5. The molecule has 4 aromatic rings. The number of morpholine rings is 1. The maximum absolute atomic E-state index is 13.5. The Balaban J connectivity index is 1.53. The highest BCUT2D eigenvalue weighted by molar-refractivity contribution is 6.32. The van der Waals surface area contributed by atoms with Crippen molar-refractivity contribution in [3.8, 4) is 22.5 Å². The van der Waals surface area contributed by atoms with E-state index in [0.717, 1.165) is 10.9 Å². The highest BCUT2D eigenvalue weighted by Crippen LogP contribution is 2.31. The molecular weight excluding hydrogens is 457 g/mol. The third-order valence-electron chi connectivity index (χ3n) is 5.54. The fourth-order valence-electron chi connectivity index (χ4n) is 3.81. The highest BCUT2D eigenvalue weighted by atomic mass is 35.5. The van der Waals surface area contributed by atoms with Crippen LogP contribution < -0.4 is 5.32 Å². The summed E-state index contributed by atoms with van der Waals surface area (Å²) in [6.45, 7) is 2.78. The van der Waals surface area contributed by atoms with Crippen LogP contribution in [-0.4, -0.2) is 58.6 Å². The average Bonchev–Trinajstić information content (AvgIpc) is 2.84. The number of ether oxygens (including phenoxy) is 1. The molecule has 1 aliphatic heterocycles. The van der Waals surface area contributed by atoms with Crippen LogP contribution in [0, 0.1) is 5.82 Å². The molecule has 1 N–H and O–H groups in total. The molecule has 2 aromatic heterocycles. The van der Waals surface area contributed by atoms with E-state index in [4.69, 9.17) is 16.3 Å². The number of para-hydroxylation sites is 1. The third kappa shape index (κ3) is 5.04. The van der Waals surface area contributed by atoms with Crippen LogP contribution in [0.3, 0.4) is 0 Å². The summed E-state index contributed by atoms with van der Waals surface area (Å²) in [6, 6.07) is 17.3. The molecule has 1 fully saturated rings. The first-order valence-electron chi connectivity index (χ1n) is 10.9. The van der Waals surface area contributed by atoms with Crippen molar-refractivity contribution in [1.82, 2.24) is 19.9 Å². The van der Waals surface area contributed by atoms with Crippen LogP contribution in [0.2, 0.25) is 5.15 Å². The van der Waals surface area contributed by atoms with Gasteiger partial charge in [0.2, 0.25) is 11.9 Å². The lowest BCUT2D eigenvalue weighted by molar-refractivity contribution is -0.118. The summed E-state index contributed by atoms with van der Waals surface area (Å²) in [4.78, 5) is 28.3. The third-order valence-corrected chi connectivity index (χ3v) is 5.83. The van der Waals surface area contributed by atoms with E-state index in [-0.39, 0.29) is 29.4 Å². The zero-order chi connectivity index (χ0) is 23.5. The van der Waals surface area contributed by atoms with Gasteiger partial charge in [0.05, 0.1) is 36.7 Å². The maximum atomic E-state index is 13.5. The molecule has 5 rings (SSSR count). The van der Waals surface area contributed by atoms with Crippen LogP contribution >= 0.6 is 11.6 Å². The van der Waals surface area contributed by atoms with Crippen LogP contribution in [0.15, 0.2) is 60.7 Å². The first kappa shape index (κ1) is 22.3. The lowest BCUT2D eigenvalue weighted by atomic mass is 10.1. The number of hydrogen-bond donors (Lipinski definition) is 1. The van der Waals surface area contributed by atoms with Gasteiger partial charge >= 0.3 is 0 Å². The summed E-state index contributed by atoms with van der Waals surface area (Å²) in [7, 11) is 0. The van der Waals surface area contributed by atoms with Crippen molar-refractivity contribution in [2.45, 2.75) is 0 Å². The molecule has 1 saturated heterocycles. The Hall–Kier alpha value is -3.46. The van der Waals surface area contributed by atoms with Crippen molar-refractivity contribution in [1.29, 1.82) is 0 Å². The minimum atomic E-state index is -0.348. The van der Waals surface area contributed by atoms with Crippen LogP contribution in [0.4, 0.5) is 10.3 Å². The smallest absolute Gasteiger partial charge is 0.240 e. The Morgan fingerprint density at radius 3 is 2.53 bits per heavy atom. The molecule has 1 aliphatic rings. The summed E-state index contributed by atoms with van der Waals surface area (Å²) in [6.07, 6.45) is 0. The molecule has 34 heavy (non-hydrogen) atoms. The van der Waals surface area contributed by atoms with E-state index >= 15 is 0 Å². The van der Waals surface area contributed by atoms with Crippen LogP contribution in [0.25, 0.3) is 33.4 Å². The summed E-state index contributed by atoms with van der Waals surface area (Å²) < 4.78 is 18.8. The quantitative estimate of drug-likeness (QED) is 0.428. The van der Waals surface area contributed by atoms with Gasteiger partial charge in [0, 0.05) is 29.6 Å². The molecular formula is C25H21ClFN5O2. The summed E-state index contributed by atoms with van der Waals surface area (Å²) in [5.74, 6) is -0.440. The molecule has 7 nitrogen and oxygen atoms in total. The zero-order valence-corrected chi connectivity index (χ0v) is 18.9. The second-order valence-electron chi connectivity index (χ2n) is 7.93. The minimum absolute atomic E-state index is 0.138. The second kappa shape index (κ2) is 9.80. The van der Waals surface area contributed by atoms with Gasteiger partial charge in [-0.1, -0.05) is 29.8 Å². The number of pyridine rings is 1. The lowest BCUT2D eigenvalue weighted by Gasteiger charge is -2.25.